The van der Waals surface area contributed by atoms with Gasteiger partial charge in [-0.15, -0.1) is 0 Å². The van der Waals surface area contributed by atoms with Gasteiger partial charge in [-0.25, -0.2) is 4.79 Å². The summed E-state index contributed by atoms with van der Waals surface area (Å²) in [5.41, 5.74) is 4.97. The molecule has 1 saturated heterocycles. The lowest BCUT2D eigenvalue weighted by Crippen LogP contribution is -2.44. The zero-order valence-corrected chi connectivity index (χ0v) is 12.2. The molecule has 0 spiro atoms. The highest BCUT2D eigenvalue weighted by Crippen LogP contribution is 2.20. The molecule has 0 aromatic carbocycles. The molecule has 0 aliphatic carbocycles. The zero-order valence-electron chi connectivity index (χ0n) is 12.2. The maximum absolute atomic E-state index is 12.0. The lowest BCUT2D eigenvalue weighted by atomic mass is 10.1. The number of hydrogen-bond donors (Lipinski definition) is 3. The third-order valence-electron chi connectivity index (χ3n) is 3.45. The lowest BCUT2D eigenvalue weighted by molar-refractivity contribution is -0.142. The van der Waals surface area contributed by atoms with Crippen LogP contribution in [0.2, 0.25) is 0 Å². The molecule has 0 saturated carbocycles. The number of primary amides is 1. The predicted octanol–water partition coefficient (Wildman–Crippen LogP) is -0.922. The minimum atomic E-state index is -1.23. The van der Waals surface area contributed by atoms with Crippen LogP contribution in [-0.2, 0) is 19.2 Å². The summed E-state index contributed by atoms with van der Waals surface area (Å²) < 4.78 is 0. The zero-order chi connectivity index (χ0) is 16.2. The Morgan fingerprint density at radius 3 is 2.48 bits per heavy atom. The van der Waals surface area contributed by atoms with Crippen molar-refractivity contribution in [1.29, 1.82) is 0 Å². The van der Waals surface area contributed by atoms with E-state index in [4.69, 9.17) is 10.8 Å². The molecule has 0 aromatic heterocycles. The summed E-state index contributed by atoms with van der Waals surface area (Å²) in [7, 11) is 0. The van der Waals surface area contributed by atoms with Gasteiger partial charge in [0, 0.05) is 25.4 Å². The van der Waals surface area contributed by atoms with Crippen LogP contribution >= 0.6 is 0 Å². The second kappa shape index (κ2) is 7.05. The van der Waals surface area contributed by atoms with Gasteiger partial charge in [0.2, 0.25) is 17.7 Å². The normalized spacial score (nSPS) is 19.7. The van der Waals surface area contributed by atoms with E-state index in [2.05, 4.69) is 5.32 Å². The number of nitrogens with zero attached hydrogens (tertiary/aromatic N) is 1. The fourth-order valence-corrected chi connectivity index (χ4v) is 2.24. The van der Waals surface area contributed by atoms with Crippen LogP contribution in [0, 0.1) is 5.92 Å². The number of likely N-dealkylation sites (tertiary alicyclic amines) is 1. The summed E-state index contributed by atoms with van der Waals surface area (Å²) >= 11 is 0. The van der Waals surface area contributed by atoms with Crippen molar-refractivity contribution < 1.29 is 24.3 Å². The van der Waals surface area contributed by atoms with Crippen LogP contribution < -0.4 is 11.1 Å². The van der Waals surface area contributed by atoms with Crippen LogP contribution in [0.1, 0.15) is 33.1 Å². The van der Waals surface area contributed by atoms with Crippen LogP contribution in [0.25, 0.3) is 0 Å². The molecule has 8 nitrogen and oxygen atoms in total. The van der Waals surface area contributed by atoms with E-state index >= 15 is 0 Å². The van der Waals surface area contributed by atoms with E-state index < -0.39 is 29.7 Å². The average molecular weight is 299 g/mol. The smallest absolute Gasteiger partial charge is 0.326 e. The molecular formula is C13H21N3O5. The van der Waals surface area contributed by atoms with Gasteiger partial charge in [-0.2, -0.15) is 0 Å². The first-order chi connectivity index (χ1) is 9.72. The van der Waals surface area contributed by atoms with Crippen LogP contribution in [0.15, 0.2) is 0 Å². The van der Waals surface area contributed by atoms with Gasteiger partial charge in [0.1, 0.15) is 6.04 Å². The summed E-state index contributed by atoms with van der Waals surface area (Å²) in [6, 6.07) is -1.17. The van der Waals surface area contributed by atoms with Crippen LogP contribution in [-0.4, -0.2) is 52.3 Å². The molecule has 8 heteroatoms. The quantitative estimate of drug-likeness (QED) is 0.559. The van der Waals surface area contributed by atoms with E-state index in [1.54, 1.807) is 4.90 Å². The number of amides is 3. The van der Waals surface area contributed by atoms with Crippen molar-refractivity contribution in [1.82, 2.24) is 10.2 Å². The number of carbonyl (C=O) groups excluding carboxylic acids is 3. The molecule has 0 aromatic rings. The van der Waals surface area contributed by atoms with Crippen molar-refractivity contribution in [3.05, 3.63) is 0 Å². The van der Waals surface area contributed by atoms with E-state index in [1.165, 1.54) is 0 Å². The third kappa shape index (κ3) is 4.73. The van der Waals surface area contributed by atoms with Crippen LogP contribution in [0.4, 0.5) is 0 Å². The molecule has 118 valence electrons. The number of aliphatic carboxylic acids is 1. The van der Waals surface area contributed by atoms with Crippen molar-refractivity contribution in [3.8, 4) is 0 Å². The fourth-order valence-electron chi connectivity index (χ4n) is 2.24. The second-order valence-corrected chi connectivity index (χ2v) is 5.45. The molecule has 0 bridgehead atoms. The van der Waals surface area contributed by atoms with Crippen molar-refractivity contribution in [3.63, 3.8) is 0 Å². The second-order valence-electron chi connectivity index (χ2n) is 5.45. The van der Waals surface area contributed by atoms with Gasteiger partial charge >= 0.3 is 5.97 Å². The minimum absolute atomic E-state index is 0.000400. The summed E-state index contributed by atoms with van der Waals surface area (Å²) in [5.74, 6) is -3.01. The first-order valence-electron chi connectivity index (χ1n) is 6.83. The van der Waals surface area contributed by atoms with Gasteiger partial charge < -0.3 is 21.1 Å². The molecule has 1 aliphatic rings. The molecule has 1 heterocycles. The number of carbonyl (C=O) groups is 4. The maximum Gasteiger partial charge on any atom is 0.326 e. The van der Waals surface area contributed by atoms with Crippen molar-refractivity contribution >= 4 is 23.7 Å². The van der Waals surface area contributed by atoms with Gasteiger partial charge in [-0.1, -0.05) is 0 Å². The summed E-state index contributed by atoms with van der Waals surface area (Å²) in [4.78, 5) is 47.1. The highest BCUT2D eigenvalue weighted by atomic mass is 16.4. The molecule has 3 amide bonds. The van der Waals surface area contributed by atoms with E-state index in [-0.39, 0.29) is 37.8 Å². The third-order valence-corrected chi connectivity index (χ3v) is 3.45. The minimum Gasteiger partial charge on any atom is -0.480 e. The van der Waals surface area contributed by atoms with E-state index in [1.807, 2.05) is 13.8 Å². The summed E-state index contributed by atoms with van der Waals surface area (Å²) in [6.45, 7) is 3.99. The number of rotatable bonds is 7. The molecule has 2 unspecified atom stereocenters. The number of nitrogens with one attached hydrogen (secondary N) is 1. The highest BCUT2D eigenvalue weighted by molar-refractivity contribution is 5.91. The summed E-state index contributed by atoms with van der Waals surface area (Å²) in [6.07, 6.45) is -0.115. The van der Waals surface area contributed by atoms with Gasteiger partial charge in [0.25, 0.3) is 0 Å². The molecule has 2 atom stereocenters. The average Bonchev–Trinajstić information content (AvgIpc) is 2.75. The van der Waals surface area contributed by atoms with Crippen LogP contribution in [0.3, 0.4) is 0 Å². The van der Waals surface area contributed by atoms with Gasteiger partial charge in [0.05, 0.1) is 5.92 Å². The fraction of sp³-hybridized carbons (Fsp3) is 0.692. The molecule has 21 heavy (non-hydrogen) atoms. The number of hydrogen-bond acceptors (Lipinski definition) is 4. The van der Waals surface area contributed by atoms with Crippen molar-refractivity contribution in [2.24, 2.45) is 11.7 Å². The Bertz CT molecular complexity index is 449. The Hall–Kier alpha value is -2.12. The predicted molar refractivity (Wildman–Crippen MR) is 73.0 cm³/mol. The van der Waals surface area contributed by atoms with Crippen molar-refractivity contribution in [2.75, 3.05) is 6.54 Å². The molecule has 1 fully saturated rings. The Labute approximate surface area is 122 Å². The van der Waals surface area contributed by atoms with Gasteiger partial charge in [-0.05, 0) is 20.3 Å². The largest absolute Gasteiger partial charge is 0.480 e. The Morgan fingerprint density at radius 1 is 1.43 bits per heavy atom. The topological polar surface area (TPSA) is 130 Å². The van der Waals surface area contributed by atoms with E-state index in [0.29, 0.717) is 0 Å². The molecule has 1 rings (SSSR count). The molecule has 0 radical (unpaired) electrons. The monoisotopic (exact) mass is 299 g/mol. The Kier molecular flexibility index (Phi) is 5.69. The highest BCUT2D eigenvalue weighted by Gasteiger charge is 2.36. The SMILES string of the molecule is CC(C)N1CC(C(=O)NC(CCC(N)=O)C(=O)O)CC1=O. The number of carboxylic acids is 1. The van der Waals surface area contributed by atoms with Crippen molar-refractivity contribution in [2.45, 2.75) is 45.2 Å². The number of nitrogens with two attached hydrogens (primary N) is 1. The molecular weight excluding hydrogens is 278 g/mol. The Balaban J connectivity index is 2.60. The van der Waals surface area contributed by atoms with Crippen LogP contribution in [0.5, 0.6) is 0 Å². The lowest BCUT2D eigenvalue weighted by Gasteiger charge is -2.21. The molecule has 1 aliphatic heterocycles. The Morgan fingerprint density at radius 2 is 2.05 bits per heavy atom. The standard InChI is InChI=1S/C13H21N3O5/c1-7(2)16-6-8(5-11(16)18)12(19)15-9(13(20)21)3-4-10(14)17/h7-9H,3-6H2,1-2H3,(H2,14,17)(H,15,19)(H,20,21). The first kappa shape index (κ1) is 16.9. The molecule has 4 N–H and O–H groups in total. The van der Waals surface area contributed by atoms with E-state index in [0.717, 1.165) is 0 Å². The number of carboxylic acid groups (broad SMARTS) is 1. The van der Waals surface area contributed by atoms with Gasteiger partial charge in [-0.3, -0.25) is 14.4 Å². The van der Waals surface area contributed by atoms with Gasteiger partial charge in [0.15, 0.2) is 0 Å². The maximum atomic E-state index is 12.0. The van der Waals surface area contributed by atoms with E-state index in [9.17, 15) is 19.2 Å². The first-order valence-corrected chi connectivity index (χ1v) is 6.83. The summed E-state index contributed by atoms with van der Waals surface area (Å²) in [5, 5.41) is 11.4.